The van der Waals surface area contributed by atoms with E-state index in [1.807, 2.05) is 0 Å². The van der Waals surface area contributed by atoms with E-state index in [2.05, 4.69) is 0 Å². The summed E-state index contributed by atoms with van der Waals surface area (Å²) in [5.74, 6) is -47.1. The molecule has 1 N–H and O–H groups in total. The largest absolute Gasteiger partial charge is 0.460 e. The molecule has 1 aromatic carbocycles. The molecule has 16 heteroatoms. The van der Waals surface area contributed by atoms with Crippen molar-refractivity contribution in [2.45, 2.75) is 80.9 Å². The van der Waals surface area contributed by atoms with E-state index in [-0.39, 0.29) is 12.3 Å². The molecule has 1 unspecified atom stereocenters. The third kappa shape index (κ3) is 5.10. The van der Waals surface area contributed by atoms with E-state index in [0.717, 1.165) is 18.2 Å². The molecule has 210 valence electrons. The van der Waals surface area contributed by atoms with Gasteiger partial charge in [-0.05, 0) is 30.4 Å². The zero-order valence-electron chi connectivity index (χ0n) is 18.4. The SMILES string of the molecule is CC(C)Cc1cccc(C(C)(O)CC(F)(F)C(F)(F)C(F)(F)C(F)(F)C(F)(F)C(F)(F)C(F)(F)F)c1. The van der Waals surface area contributed by atoms with Gasteiger partial charge < -0.3 is 5.11 Å². The van der Waals surface area contributed by atoms with Crippen LogP contribution in [0.1, 0.15) is 38.3 Å². The first-order valence-electron chi connectivity index (χ1n) is 9.75. The lowest BCUT2D eigenvalue weighted by atomic mass is 9.83. The van der Waals surface area contributed by atoms with Gasteiger partial charge in [0.25, 0.3) is 0 Å². The topological polar surface area (TPSA) is 20.2 Å². The molecule has 0 aromatic heterocycles. The van der Waals surface area contributed by atoms with Crippen molar-refractivity contribution in [3.63, 3.8) is 0 Å². The second-order valence-corrected chi connectivity index (χ2v) is 8.82. The number of alkyl halides is 15. The molecule has 0 spiro atoms. The van der Waals surface area contributed by atoms with Gasteiger partial charge in [-0.2, -0.15) is 65.9 Å². The van der Waals surface area contributed by atoms with E-state index < -0.39 is 59.3 Å². The highest BCUT2D eigenvalue weighted by molar-refractivity contribution is 5.29. The van der Waals surface area contributed by atoms with Crippen LogP contribution in [0.15, 0.2) is 24.3 Å². The number of benzene rings is 1. The van der Waals surface area contributed by atoms with Crippen molar-refractivity contribution in [2.24, 2.45) is 5.92 Å². The Bertz CT molecular complexity index is 916. The average molecular weight is 560 g/mol. The van der Waals surface area contributed by atoms with Gasteiger partial charge in [0.2, 0.25) is 0 Å². The van der Waals surface area contributed by atoms with Crippen LogP contribution < -0.4 is 0 Å². The summed E-state index contributed by atoms with van der Waals surface area (Å²) >= 11 is 0. The van der Waals surface area contributed by atoms with Gasteiger partial charge in [-0.3, -0.25) is 0 Å². The highest BCUT2D eigenvalue weighted by Gasteiger charge is 2.93. The molecule has 36 heavy (non-hydrogen) atoms. The van der Waals surface area contributed by atoms with Crippen LogP contribution in [-0.2, 0) is 12.0 Å². The van der Waals surface area contributed by atoms with Crippen molar-refractivity contribution in [3.05, 3.63) is 35.4 Å². The second kappa shape index (κ2) is 9.15. The molecule has 0 radical (unpaired) electrons. The molecule has 1 atom stereocenters. The number of rotatable bonds is 10. The maximum atomic E-state index is 14.3. The Morgan fingerprint density at radius 1 is 0.667 bits per heavy atom. The predicted molar refractivity (Wildman–Crippen MR) is 94.9 cm³/mol. The van der Waals surface area contributed by atoms with Gasteiger partial charge in [-0.1, -0.05) is 38.1 Å². The van der Waals surface area contributed by atoms with Gasteiger partial charge in [0.05, 0.1) is 12.0 Å². The van der Waals surface area contributed by atoms with Crippen molar-refractivity contribution in [2.75, 3.05) is 0 Å². The molecule has 0 bridgehead atoms. The summed E-state index contributed by atoms with van der Waals surface area (Å²) in [4.78, 5) is 0. The van der Waals surface area contributed by atoms with Crippen LogP contribution in [0.2, 0.25) is 0 Å². The zero-order chi connectivity index (χ0) is 29.0. The Morgan fingerprint density at radius 2 is 1.08 bits per heavy atom. The molecule has 1 aromatic rings. The fourth-order valence-corrected chi connectivity index (χ4v) is 3.15. The second-order valence-electron chi connectivity index (χ2n) is 8.82. The van der Waals surface area contributed by atoms with Crippen molar-refractivity contribution < 1.29 is 71.0 Å². The lowest BCUT2D eigenvalue weighted by Gasteiger charge is -2.42. The van der Waals surface area contributed by atoms with Gasteiger partial charge in [-0.25, -0.2) is 0 Å². The van der Waals surface area contributed by atoms with E-state index in [1.54, 1.807) is 13.8 Å². The van der Waals surface area contributed by atoms with Gasteiger partial charge in [0, 0.05) is 0 Å². The van der Waals surface area contributed by atoms with Gasteiger partial charge in [0.1, 0.15) is 0 Å². The first kappa shape index (κ1) is 32.2. The maximum absolute atomic E-state index is 14.3. The van der Waals surface area contributed by atoms with Gasteiger partial charge >= 0.3 is 41.7 Å². The molecule has 0 heterocycles. The first-order chi connectivity index (χ1) is 15.6. The van der Waals surface area contributed by atoms with Crippen LogP contribution in [0.5, 0.6) is 0 Å². The van der Waals surface area contributed by atoms with E-state index in [9.17, 15) is 71.0 Å². The number of halogens is 15. The van der Waals surface area contributed by atoms with Crippen LogP contribution in [0.3, 0.4) is 0 Å². The Balaban J connectivity index is 3.51. The van der Waals surface area contributed by atoms with E-state index in [4.69, 9.17) is 0 Å². The lowest BCUT2D eigenvalue weighted by molar-refractivity contribution is -0.453. The standard InChI is InChI=1S/C20H19F15O/c1-10(2)7-11-5-4-6-12(8-11)13(3,36)9-14(21,22)15(23,24)16(25,26)17(27,28)18(29,30)19(31,32)20(33,34)35/h4-6,8,10,36H,7,9H2,1-3H3. The summed E-state index contributed by atoms with van der Waals surface area (Å²) in [5.41, 5.74) is -3.52. The Kier molecular flexibility index (Phi) is 8.18. The Hall–Kier alpha value is -1.87. The Morgan fingerprint density at radius 3 is 1.50 bits per heavy atom. The van der Waals surface area contributed by atoms with Crippen LogP contribution >= 0.6 is 0 Å². The van der Waals surface area contributed by atoms with E-state index in [1.165, 1.54) is 6.07 Å². The summed E-state index contributed by atoms with van der Waals surface area (Å²) in [7, 11) is 0. The van der Waals surface area contributed by atoms with Crippen molar-refractivity contribution in [1.82, 2.24) is 0 Å². The minimum atomic E-state index is -8.35. The summed E-state index contributed by atoms with van der Waals surface area (Å²) in [6.45, 7) is 3.74. The Labute approximate surface area is 194 Å². The first-order valence-corrected chi connectivity index (χ1v) is 9.75. The molecule has 1 rings (SSSR count). The van der Waals surface area contributed by atoms with E-state index in [0.29, 0.717) is 12.5 Å². The summed E-state index contributed by atoms with van der Waals surface area (Å²) in [6.07, 6.45) is -10.3. The highest BCUT2D eigenvalue weighted by Crippen LogP contribution is 2.63. The van der Waals surface area contributed by atoms with Crippen molar-refractivity contribution >= 4 is 0 Å². The maximum Gasteiger partial charge on any atom is 0.460 e. The normalized spacial score (nSPS) is 16.9. The van der Waals surface area contributed by atoms with Crippen LogP contribution in [0.25, 0.3) is 0 Å². The molecule has 0 aliphatic heterocycles. The molecule has 0 aliphatic rings. The van der Waals surface area contributed by atoms with Gasteiger partial charge in [0.15, 0.2) is 0 Å². The summed E-state index contributed by atoms with van der Waals surface area (Å²) < 4.78 is 200. The zero-order valence-corrected chi connectivity index (χ0v) is 18.4. The van der Waals surface area contributed by atoms with Gasteiger partial charge in [-0.15, -0.1) is 0 Å². The number of hydrogen-bond donors (Lipinski definition) is 1. The average Bonchev–Trinajstić information content (AvgIpc) is 2.65. The van der Waals surface area contributed by atoms with Crippen LogP contribution in [-0.4, -0.2) is 46.8 Å². The molecule has 0 saturated carbocycles. The summed E-state index contributed by atoms with van der Waals surface area (Å²) in [5, 5.41) is 10.2. The third-order valence-electron chi connectivity index (χ3n) is 5.15. The lowest BCUT2D eigenvalue weighted by Crippen LogP contribution is -2.72. The fourth-order valence-electron chi connectivity index (χ4n) is 3.15. The van der Waals surface area contributed by atoms with Crippen LogP contribution in [0, 0.1) is 5.92 Å². The smallest absolute Gasteiger partial charge is 0.385 e. The van der Waals surface area contributed by atoms with E-state index >= 15 is 0 Å². The minimum absolute atomic E-state index is 0.0617. The molecule has 0 fully saturated rings. The van der Waals surface area contributed by atoms with Crippen LogP contribution in [0.4, 0.5) is 65.9 Å². The number of hydrogen-bond acceptors (Lipinski definition) is 1. The third-order valence-corrected chi connectivity index (χ3v) is 5.15. The minimum Gasteiger partial charge on any atom is -0.385 e. The quantitative estimate of drug-likeness (QED) is 0.289. The molecular formula is C20H19F15O. The molecule has 0 amide bonds. The molecule has 0 saturated heterocycles. The fraction of sp³-hybridized carbons (Fsp3) is 0.700. The monoisotopic (exact) mass is 560 g/mol. The molecule has 0 aliphatic carbocycles. The highest BCUT2D eigenvalue weighted by atomic mass is 19.4. The summed E-state index contributed by atoms with van der Waals surface area (Å²) in [6, 6.07) is 4.34. The predicted octanol–water partition coefficient (Wildman–Crippen LogP) is 7.86. The molecular weight excluding hydrogens is 541 g/mol. The molecule has 1 nitrogen and oxygen atoms in total. The number of aliphatic hydroxyl groups is 1. The van der Waals surface area contributed by atoms with Crippen molar-refractivity contribution in [3.8, 4) is 0 Å². The van der Waals surface area contributed by atoms with Crippen molar-refractivity contribution in [1.29, 1.82) is 0 Å².